The van der Waals surface area contributed by atoms with Gasteiger partial charge in [0.1, 0.15) is 5.92 Å². The molecule has 0 aromatic heterocycles. The highest BCUT2D eigenvalue weighted by molar-refractivity contribution is 7.92. The van der Waals surface area contributed by atoms with Crippen LogP contribution in [0, 0.1) is 11.3 Å². The average molecular weight is 590 g/mol. The molecule has 0 spiro atoms. The van der Waals surface area contributed by atoms with Crippen LogP contribution >= 0.6 is 0 Å². The zero-order valence-corrected chi connectivity index (χ0v) is 24.3. The van der Waals surface area contributed by atoms with Gasteiger partial charge in [0.25, 0.3) is 10.0 Å². The van der Waals surface area contributed by atoms with Gasteiger partial charge in [0, 0.05) is 17.9 Å². The lowest BCUT2D eigenvalue weighted by molar-refractivity contribution is -0.115. The molecule has 0 saturated carbocycles. The molecule has 0 radical (unpaired) electrons. The van der Waals surface area contributed by atoms with Gasteiger partial charge in [-0.2, -0.15) is 5.26 Å². The van der Waals surface area contributed by atoms with Crippen LogP contribution in [-0.4, -0.2) is 38.0 Å². The Labute approximate surface area is 251 Å². The number of piperidine rings is 1. The highest BCUT2D eigenvalue weighted by Crippen LogP contribution is 2.38. The molecule has 8 nitrogen and oxygen atoms in total. The molecular formula is C34H31N5O3S. The molecule has 1 amide bonds. The van der Waals surface area contributed by atoms with Crippen molar-refractivity contribution in [1.82, 2.24) is 4.90 Å². The third-order valence-electron chi connectivity index (χ3n) is 7.79. The number of nitriles is 1. The number of amides is 1. The van der Waals surface area contributed by atoms with Crippen molar-refractivity contribution >= 4 is 38.7 Å². The number of sulfonamides is 1. The van der Waals surface area contributed by atoms with Gasteiger partial charge in [0.2, 0.25) is 5.91 Å². The lowest BCUT2D eigenvalue weighted by Crippen LogP contribution is -2.28. The molecule has 1 atom stereocenters. The van der Waals surface area contributed by atoms with Gasteiger partial charge in [-0.25, -0.2) is 8.42 Å². The first-order valence-electron chi connectivity index (χ1n) is 14.3. The van der Waals surface area contributed by atoms with E-state index in [1.54, 1.807) is 24.3 Å². The zero-order valence-electron chi connectivity index (χ0n) is 23.5. The summed E-state index contributed by atoms with van der Waals surface area (Å²) in [4.78, 5) is 20.9. The molecule has 1 fully saturated rings. The quantitative estimate of drug-likeness (QED) is 0.238. The van der Waals surface area contributed by atoms with Crippen LogP contribution in [0.3, 0.4) is 0 Å². The molecule has 0 aliphatic carbocycles. The molecular weight excluding hydrogens is 558 g/mol. The van der Waals surface area contributed by atoms with Crippen molar-refractivity contribution in [2.24, 2.45) is 4.99 Å². The van der Waals surface area contributed by atoms with Gasteiger partial charge >= 0.3 is 0 Å². The molecule has 2 heterocycles. The number of hydrogen-bond donors (Lipinski definition) is 2. The number of benzene rings is 4. The van der Waals surface area contributed by atoms with Gasteiger partial charge in [-0.05, 0) is 91.2 Å². The Morgan fingerprint density at radius 2 is 1.70 bits per heavy atom. The van der Waals surface area contributed by atoms with E-state index in [4.69, 9.17) is 4.99 Å². The van der Waals surface area contributed by atoms with Crippen LogP contribution < -0.4 is 10.0 Å². The van der Waals surface area contributed by atoms with E-state index in [0.717, 1.165) is 30.9 Å². The first-order valence-corrected chi connectivity index (χ1v) is 15.8. The minimum atomic E-state index is -3.97. The smallest absolute Gasteiger partial charge is 0.261 e. The Balaban J connectivity index is 1.32. The van der Waals surface area contributed by atoms with Crippen molar-refractivity contribution in [3.8, 4) is 6.07 Å². The fourth-order valence-electron chi connectivity index (χ4n) is 5.64. The molecule has 1 unspecified atom stereocenters. The number of carbonyl (C=O) groups excluding carboxylic acids is 1. The van der Waals surface area contributed by atoms with E-state index in [1.165, 1.54) is 43.0 Å². The Morgan fingerprint density at radius 1 is 0.930 bits per heavy atom. The van der Waals surface area contributed by atoms with Gasteiger partial charge < -0.3 is 5.32 Å². The van der Waals surface area contributed by atoms with Crippen LogP contribution in [0.15, 0.2) is 107 Å². The molecule has 216 valence electrons. The maximum absolute atomic E-state index is 13.4. The summed E-state index contributed by atoms with van der Waals surface area (Å²) in [6.45, 7) is 3.16. The second-order valence-electron chi connectivity index (χ2n) is 10.8. The zero-order chi connectivity index (χ0) is 29.8. The summed E-state index contributed by atoms with van der Waals surface area (Å²) in [5.41, 5.74) is 5.10. The Morgan fingerprint density at radius 3 is 2.44 bits per heavy atom. The van der Waals surface area contributed by atoms with Crippen molar-refractivity contribution in [1.29, 1.82) is 5.26 Å². The van der Waals surface area contributed by atoms with E-state index in [-0.39, 0.29) is 16.4 Å². The first-order chi connectivity index (χ1) is 20.9. The van der Waals surface area contributed by atoms with Crippen LogP contribution in [0.5, 0.6) is 0 Å². The van der Waals surface area contributed by atoms with E-state index in [9.17, 15) is 18.5 Å². The summed E-state index contributed by atoms with van der Waals surface area (Å²) in [5, 5.41) is 12.1. The molecule has 6 rings (SSSR count). The lowest BCUT2D eigenvalue weighted by atomic mass is 9.90. The summed E-state index contributed by atoms with van der Waals surface area (Å²) in [6, 6.07) is 30.5. The second-order valence-corrected chi connectivity index (χ2v) is 12.5. The van der Waals surface area contributed by atoms with Crippen LogP contribution in [0.25, 0.3) is 0 Å². The Bertz CT molecular complexity index is 1820. The monoisotopic (exact) mass is 589 g/mol. The predicted octanol–water partition coefficient (Wildman–Crippen LogP) is 6.20. The third-order valence-corrected chi connectivity index (χ3v) is 9.17. The van der Waals surface area contributed by atoms with Gasteiger partial charge in [0.15, 0.2) is 0 Å². The van der Waals surface area contributed by atoms with Crippen LogP contribution in [0.4, 0.5) is 17.1 Å². The van der Waals surface area contributed by atoms with E-state index in [0.29, 0.717) is 22.6 Å². The van der Waals surface area contributed by atoms with Gasteiger partial charge in [-0.15, -0.1) is 0 Å². The molecule has 2 N–H and O–H groups in total. The van der Waals surface area contributed by atoms with E-state index in [2.05, 4.69) is 27.1 Å². The summed E-state index contributed by atoms with van der Waals surface area (Å²) >= 11 is 0. The number of anilines is 2. The van der Waals surface area contributed by atoms with E-state index < -0.39 is 15.9 Å². The number of aliphatic imine (C=N–C) groups is 1. The van der Waals surface area contributed by atoms with Gasteiger partial charge in [-0.3, -0.25) is 19.4 Å². The number of carbonyl (C=O) groups is 1. The average Bonchev–Trinajstić information content (AvgIpc) is 3.36. The highest BCUT2D eigenvalue weighted by atomic mass is 32.2. The molecule has 43 heavy (non-hydrogen) atoms. The Kier molecular flexibility index (Phi) is 8.05. The normalized spacial score (nSPS) is 17.1. The number of hydrogen-bond acceptors (Lipinski definition) is 6. The largest absolute Gasteiger partial charge is 0.325 e. The van der Waals surface area contributed by atoms with Crippen molar-refractivity contribution in [3.05, 3.63) is 119 Å². The van der Waals surface area contributed by atoms with Crippen LogP contribution in [0.1, 0.15) is 47.4 Å². The van der Waals surface area contributed by atoms with E-state index >= 15 is 0 Å². The van der Waals surface area contributed by atoms with Gasteiger partial charge in [-0.1, -0.05) is 55.0 Å². The number of nitrogens with one attached hydrogen (secondary N) is 2. The number of likely N-dealkylation sites (tertiary alicyclic amines) is 1. The molecule has 4 aromatic rings. The van der Waals surface area contributed by atoms with Crippen molar-refractivity contribution in [2.45, 2.75) is 36.6 Å². The molecule has 4 aromatic carbocycles. The predicted molar refractivity (Wildman–Crippen MR) is 168 cm³/mol. The number of rotatable bonds is 8. The minimum absolute atomic E-state index is 0.0203. The van der Waals surface area contributed by atoms with Crippen molar-refractivity contribution < 1.29 is 13.2 Å². The summed E-state index contributed by atoms with van der Waals surface area (Å²) in [7, 11) is -3.97. The number of nitrogens with zero attached hydrogens (tertiary/aromatic N) is 3. The molecule has 1 saturated heterocycles. The SMILES string of the molecule is N#Cc1cccc(S(=O)(=O)Nc2ccc3c(c2)C(C(=Nc2ccc(CN4CCCCC4)cc2)c2ccccc2)C(=O)N3)c1. The van der Waals surface area contributed by atoms with E-state index in [1.807, 2.05) is 48.5 Å². The summed E-state index contributed by atoms with van der Waals surface area (Å²) < 4.78 is 28.9. The molecule has 2 aliphatic heterocycles. The van der Waals surface area contributed by atoms with Crippen LogP contribution in [0.2, 0.25) is 0 Å². The highest BCUT2D eigenvalue weighted by Gasteiger charge is 2.36. The fourth-order valence-corrected chi connectivity index (χ4v) is 6.73. The Hall–Kier alpha value is -4.78. The van der Waals surface area contributed by atoms with Crippen molar-refractivity contribution in [3.63, 3.8) is 0 Å². The maximum atomic E-state index is 13.4. The minimum Gasteiger partial charge on any atom is -0.325 e. The topological polar surface area (TPSA) is 115 Å². The fraction of sp³-hybridized carbons (Fsp3) is 0.206. The van der Waals surface area contributed by atoms with Crippen molar-refractivity contribution in [2.75, 3.05) is 23.1 Å². The second kappa shape index (κ2) is 12.2. The maximum Gasteiger partial charge on any atom is 0.261 e. The molecule has 9 heteroatoms. The molecule has 0 bridgehead atoms. The summed E-state index contributed by atoms with van der Waals surface area (Å²) in [5.74, 6) is -0.988. The summed E-state index contributed by atoms with van der Waals surface area (Å²) in [6.07, 6.45) is 3.78. The lowest BCUT2D eigenvalue weighted by Gasteiger charge is -2.26. The first kappa shape index (κ1) is 28.3. The molecule has 2 aliphatic rings. The number of fused-ring (bicyclic) bond motifs is 1. The third kappa shape index (κ3) is 6.36. The van der Waals surface area contributed by atoms with Gasteiger partial charge in [0.05, 0.1) is 27.9 Å². The van der Waals surface area contributed by atoms with Crippen LogP contribution in [-0.2, 0) is 21.4 Å². The standard InChI is InChI=1S/C34H31N5O3S/c35-22-25-8-7-11-29(20-25)43(41,42)38-28-16-17-31-30(21-28)32(34(40)37-31)33(26-9-3-1-4-10-26)36-27-14-12-24(13-15-27)23-39-18-5-2-6-19-39/h1,3-4,7-17,20-21,32,38H,2,5-6,18-19,23H2,(H,37,40).